The van der Waals surface area contributed by atoms with E-state index in [9.17, 15) is 13.2 Å². The van der Waals surface area contributed by atoms with Crippen LogP contribution in [0.15, 0.2) is 83.9 Å². The number of carbonyl (C=O) groups is 1. The number of halogens is 1. The molecule has 0 atom stereocenters. The molecule has 0 unspecified atom stereocenters. The van der Waals surface area contributed by atoms with Crippen LogP contribution >= 0.6 is 11.6 Å². The van der Waals surface area contributed by atoms with Gasteiger partial charge in [-0.05, 0) is 67.6 Å². The summed E-state index contributed by atoms with van der Waals surface area (Å²) in [6.45, 7) is 3.42. The van der Waals surface area contributed by atoms with Crippen molar-refractivity contribution in [3.8, 4) is 5.75 Å². The molecule has 1 aromatic heterocycles. The minimum atomic E-state index is -3.71. The predicted octanol–water partition coefficient (Wildman–Crippen LogP) is 5.57. The normalized spacial score (nSPS) is 14.3. The number of amides is 2. The fraction of sp³-hybridized carbons (Fsp3) is 0.214. The van der Waals surface area contributed by atoms with E-state index in [0.29, 0.717) is 23.1 Å². The highest BCUT2D eigenvalue weighted by molar-refractivity contribution is 7.89. The minimum absolute atomic E-state index is 0.199. The summed E-state index contributed by atoms with van der Waals surface area (Å²) < 4.78 is 33.5. The molecule has 11 heteroatoms. The Morgan fingerprint density at radius 3 is 2.49 bits per heavy atom. The van der Waals surface area contributed by atoms with Crippen LogP contribution in [0.1, 0.15) is 6.92 Å². The average molecular weight is 566 g/mol. The fourth-order valence-corrected chi connectivity index (χ4v) is 6.00. The fourth-order valence-electron chi connectivity index (χ4n) is 4.41. The molecule has 4 aromatic rings. The van der Waals surface area contributed by atoms with Crippen molar-refractivity contribution in [2.75, 3.05) is 43.4 Å². The van der Waals surface area contributed by atoms with Crippen LogP contribution in [-0.2, 0) is 10.0 Å². The summed E-state index contributed by atoms with van der Waals surface area (Å²) >= 11 is 6.08. The molecule has 39 heavy (non-hydrogen) atoms. The second-order valence-electron chi connectivity index (χ2n) is 8.95. The van der Waals surface area contributed by atoms with Crippen molar-refractivity contribution in [1.29, 1.82) is 0 Å². The SMILES string of the molecule is CCOc1cccc(NC(=O)N2CCN(S(=O)(=O)c3ccc(Nc4ccnc5cc(Cl)ccc45)cc3)CC2)c1. The van der Waals surface area contributed by atoms with E-state index in [1.165, 1.54) is 4.31 Å². The zero-order chi connectivity index (χ0) is 27.4. The molecule has 9 nitrogen and oxygen atoms in total. The number of anilines is 3. The molecule has 1 aliphatic heterocycles. The van der Waals surface area contributed by atoms with Gasteiger partial charge in [-0.15, -0.1) is 0 Å². The number of urea groups is 1. The van der Waals surface area contributed by atoms with Crippen molar-refractivity contribution in [2.45, 2.75) is 11.8 Å². The lowest BCUT2D eigenvalue weighted by molar-refractivity contribution is 0.184. The van der Waals surface area contributed by atoms with Crippen molar-refractivity contribution >= 4 is 55.6 Å². The van der Waals surface area contributed by atoms with Crippen molar-refractivity contribution < 1.29 is 17.9 Å². The zero-order valence-corrected chi connectivity index (χ0v) is 22.9. The van der Waals surface area contributed by atoms with Gasteiger partial charge in [0.15, 0.2) is 0 Å². The first-order valence-corrected chi connectivity index (χ1v) is 14.4. The van der Waals surface area contributed by atoms with E-state index in [4.69, 9.17) is 16.3 Å². The van der Waals surface area contributed by atoms with Gasteiger partial charge in [0.05, 0.1) is 17.0 Å². The largest absolute Gasteiger partial charge is 0.494 e. The number of nitrogens with one attached hydrogen (secondary N) is 2. The van der Waals surface area contributed by atoms with Crippen molar-refractivity contribution in [2.24, 2.45) is 0 Å². The lowest BCUT2D eigenvalue weighted by Gasteiger charge is -2.34. The highest BCUT2D eigenvalue weighted by atomic mass is 35.5. The molecule has 2 heterocycles. The molecule has 1 fully saturated rings. The first kappa shape index (κ1) is 26.7. The molecular formula is C28H28ClN5O4S. The molecule has 0 saturated carbocycles. The third-order valence-corrected chi connectivity index (χ3v) is 8.55. The zero-order valence-electron chi connectivity index (χ0n) is 21.3. The van der Waals surface area contributed by atoms with E-state index >= 15 is 0 Å². The second kappa shape index (κ2) is 11.5. The Kier molecular flexibility index (Phi) is 7.87. The molecule has 5 rings (SSSR count). The molecule has 1 aliphatic rings. The number of hydrogen-bond donors (Lipinski definition) is 2. The Morgan fingerprint density at radius 2 is 1.74 bits per heavy atom. The van der Waals surface area contributed by atoms with E-state index in [1.807, 2.05) is 25.1 Å². The van der Waals surface area contributed by atoms with Crippen LogP contribution in [0.4, 0.5) is 21.9 Å². The van der Waals surface area contributed by atoms with E-state index < -0.39 is 10.0 Å². The van der Waals surface area contributed by atoms with Gasteiger partial charge >= 0.3 is 6.03 Å². The Balaban J connectivity index is 1.20. The van der Waals surface area contributed by atoms with Gasteiger partial charge in [0.25, 0.3) is 0 Å². The van der Waals surface area contributed by atoms with Gasteiger partial charge in [0.2, 0.25) is 10.0 Å². The molecule has 0 radical (unpaired) electrons. The number of piperazine rings is 1. The van der Waals surface area contributed by atoms with Crippen LogP contribution in [0.3, 0.4) is 0 Å². The number of sulfonamides is 1. The predicted molar refractivity (Wildman–Crippen MR) is 153 cm³/mol. The quantitative estimate of drug-likeness (QED) is 0.304. The van der Waals surface area contributed by atoms with Crippen LogP contribution in [0.25, 0.3) is 10.9 Å². The van der Waals surface area contributed by atoms with E-state index in [-0.39, 0.29) is 37.1 Å². The minimum Gasteiger partial charge on any atom is -0.494 e. The number of carbonyl (C=O) groups excluding carboxylic acids is 1. The number of fused-ring (bicyclic) bond motifs is 1. The maximum absolute atomic E-state index is 13.3. The number of aromatic nitrogens is 1. The van der Waals surface area contributed by atoms with Crippen LogP contribution in [-0.4, -0.2) is 61.4 Å². The molecule has 3 aromatic carbocycles. The van der Waals surface area contributed by atoms with Gasteiger partial charge in [0.1, 0.15) is 5.75 Å². The summed E-state index contributed by atoms with van der Waals surface area (Å²) in [5, 5.41) is 7.69. The molecule has 1 saturated heterocycles. The average Bonchev–Trinajstić information content (AvgIpc) is 2.94. The van der Waals surface area contributed by atoms with Gasteiger partial charge in [-0.25, -0.2) is 13.2 Å². The van der Waals surface area contributed by atoms with Crippen molar-refractivity contribution in [3.63, 3.8) is 0 Å². The Morgan fingerprint density at radius 1 is 0.974 bits per heavy atom. The summed E-state index contributed by atoms with van der Waals surface area (Å²) in [4.78, 5) is 18.9. The number of hydrogen-bond acceptors (Lipinski definition) is 6. The number of benzene rings is 3. The molecule has 0 aliphatic carbocycles. The Labute approximate surface area is 232 Å². The van der Waals surface area contributed by atoms with Gasteiger partial charge in [-0.1, -0.05) is 17.7 Å². The Hall–Kier alpha value is -3.86. The topological polar surface area (TPSA) is 104 Å². The summed E-state index contributed by atoms with van der Waals surface area (Å²) in [7, 11) is -3.71. The first-order chi connectivity index (χ1) is 18.8. The summed E-state index contributed by atoms with van der Waals surface area (Å²) in [5.41, 5.74) is 2.97. The highest BCUT2D eigenvalue weighted by Crippen LogP contribution is 2.28. The second-order valence-corrected chi connectivity index (χ2v) is 11.3. The first-order valence-electron chi connectivity index (χ1n) is 12.5. The molecular weight excluding hydrogens is 538 g/mol. The van der Waals surface area contributed by atoms with Crippen LogP contribution in [0.5, 0.6) is 5.75 Å². The summed E-state index contributed by atoms with van der Waals surface area (Å²) in [5.74, 6) is 0.673. The number of pyridine rings is 1. The maximum Gasteiger partial charge on any atom is 0.321 e. The highest BCUT2D eigenvalue weighted by Gasteiger charge is 2.30. The smallest absolute Gasteiger partial charge is 0.321 e. The molecule has 2 amide bonds. The molecule has 0 bridgehead atoms. The van der Waals surface area contributed by atoms with Gasteiger partial charge in [-0.2, -0.15) is 4.31 Å². The monoisotopic (exact) mass is 565 g/mol. The van der Waals surface area contributed by atoms with Crippen molar-refractivity contribution in [1.82, 2.24) is 14.2 Å². The molecule has 0 spiro atoms. The third-order valence-electron chi connectivity index (χ3n) is 6.40. The third kappa shape index (κ3) is 6.08. The maximum atomic E-state index is 13.3. The Bertz CT molecular complexity index is 1590. The van der Waals surface area contributed by atoms with Crippen LogP contribution in [0.2, 0.25) is 5.02 Å². The van der Waals surface area contributed by atoms with E-state index in [2.05, 4.69) is 15.6 Å². The van der Waals surface area contributed by atoms with Crippen LogP contribution in [0, 0.1) is 0 Å². The summed E-state index contributed by atoms with van der Waals surface area (Å²) in [6, 6.07) is 20.9. The van der Waals surface area contributed by atoms with Gasteiger partial charge < -0.3 is 20.3 Å². The number of ether oxygens (including phenoxy) is 1. The van der Waals surface area contributed by atoms with Crippen LogP contribution < -0.4 is 15.4 Å². The molecule has 2 N–H and O–H groups in total. The lowest BCUT2D eigenvalue weighted by Crippen LogP contribution is -2.51. The van der Waals surface area contributed by atoms with Crippen molar-refractivity contribution in [3.05, 3.63) is 84.0 Å². The standard InChI is InChI=1S/C28H28ClN5O4S/c1-2-38-23-5-3-4-22(19-23)32-28(35)33-14-16-34(17-15-33)39(36,37)24-9-7-21(8-10-24)31-26-12-13-30-27-18-20(29)6-11-25(26)27/h3-13,18-19H,2,14-17H2,1H3,(H,30,31)(H,32,35). The molecule has 202 valence electrons. The van der Waals surface area contributed by atoms with Gasteiger partial charge in [-0.3, -0.25) is 4.98 Å². The number of rotatable bonds is 7. The number of nitrogens with zero attached hydrogens (tertiary/aromatic N) is 3. The summed E-state index contributed by atoms with van der Waals surface area (Å²) in [6.07, 6.45) is 1.69. The van der Waals surface area contributed by atoms with Gasteiger partial charge in [0, 0.05) is 65.9 Å². The lowest BCUT2D eigenvalue weighted by atomic mass is 10.2. The van der Waals surface area contributed by atoms with E-state index in [0.717, 1.165) is 22.3 Å². The van der Waals surface area contributed by atoms with E-state index in [1.54, 1.807) is 65.7 Å².